The number of allylic oxidation sites excluding steroid dienone is 1. The summed E-state index contributed by atoms with van der Waals surface area (Å²) in [5.74, 6) is 0. The fourth-order valence-corrected chi connectivity index (χ4v) is 0.207. The average Bonchev–Trinajstić information content (AvgIpc) is 1.69. The molecule has 0 fully saturated rings. The smallest absolute Gasteiger partial charge is 0.0861 e. The van der Waals surface area contributed by atoms with Crippen molar-refractivity contribution in [2.45, 2.75) is 13.3 Å². The molecule has 0 aromatic carbocycles. The Hall–Kier alpha value is -0.720. The summed E-state index contributed by atoms with van der Waals surface area (Å²) in [6.45, 7) is 5.40. The Balaban J connectivity index is 2.92. The Morgan fingerprint density at radius 1 is 1.71 bits per heavy atom. The van der Waals surface area contributed by atoms with Gasteiger partial charge in [0.1, 0.15) is 0 Å². The lowest BCUT2D eigenvalue weighted by Crippen LogP contribution is -1.59. The Kier molecular flexibility index (Phi) is 4.74. The molecular formula is C6H10O. The topological polar surface area (TPSA) is 9.23 Å². The Labute approximate surface area is 44.3 Å². The van der Waals surface area contributed by atoms with E-state index >= 15 is 0 Å². The van der Waals surface area contributed by atoms with Crippen molar-refractivity contribution in [2.75, 3.05) is 0 Å². The number of ether oxygens (including phenoxy) is 1. The van der Waals surface area contributed by atoms with Crippen molar-refractivity contribution >= 4 is 0 Å². The third-order valence-corrected chi connectivity index (χ3v) is 0.507. The van der Waals surface area contributed by atoms with Gasteiger partial charge in [-0.1, -0.05) is 13.5 Å². The van der Waals surface area contributed by atoms with E-state index in [1.165, 1.54) is 6.26 Å². The number of hydrogen-bond acceptors (Lipinski definition) is 1. The van der Waals surface area contributed by atoms with Gasteiger partial charge in [-0.25, -0.2) is 0 Å². The highest BCUT2D eigenvalue weighted by atomic mass is 16.5. The molecule has 0 amide bonds. The molecule has 40 valence electrons. The van der Waals surface area contributed by atoms with Crippen LogP contribution in [-0.2, 0) is 4.74 Å². The van der Waals surface area contributed by atoms with Crippen molar-refractivity contribution in [3.63, 3.8) is 0 Å². The molecule has 0 heterocycles. The van der Waals surface area contributed by atoms with Gasteiger partial charge in [0.25, 0.3) is 0 Å². The third-order valence-electron chi connectivity index (χ3n) is 0.507. The average molecular weight is 98.1 g/mol. The minimum atomic E-state index is 1.01. The Morgan fingerprint density at radius 2 is 2.43 bits per heavy atom. The molecule has 0 atom stereocenters. The highest BCUT2D eigenvalue weighted by Gasteiger charge is 1.61. The zero-order chi connectivity index (χ0) is 5.54. The van der Waals surface area contributed by atoms with Gasteiger partial charge in [-0.05, 0) is 12.5 Å². The SMILES string of the molecule is C=COC=CCC. The minimum Gasteiger partial charge on any atom is -0.474 e. The van der Waals surface area contributed by atoms with Crippen LogP contribution in [0.5, 0.6) is 0 Å². The number of hydrogen-bond donors (Lipinski definition) is 0. The second kappa shape index (κ2) is 5.28. The van der Waals surface area contributed by atoms with E-state index < -0.39 is 0 Å². The predicted octanol–water partition coefficient (Wildman–Crippen LogP) is 2.07. The van der Waals surface area contributed by atoms with E-state index in [2.05, 4.69) is 11.3 Å². The van der Waals surface area contributed by atoms with E-state index in [1.54, 1.807) is 6.26 Å². The second-order valence-electron chi connectivity index (χ2n) is 1.08. The van der Waals surface area contributed by atoms with E-state index in [0.29, 0.717) is 0 Å². The van der Waals surface area contributed by atoms with Crippen molar-refractivity contribution < 1.29 is 4.74 Å². The second-order valence-corrected chi connectivity index (χ2v) is 1.08. The van der Waals surface area contributed by atoms with Crippen LogP contribution >= 0.6 is 0 Å². The maximum absolute atomic E-state index is 4.66. The van der Waals surface area contributed by atoms with Gasteiger partial charge in [-0.15, -0.1) is 0 Å². The van der Waals surface area contributed by atoms with Gasteiger partial charge >= 0.3 is 0 Å². The van der Waals surface area contributed by atoms with Crippen LogP contribution in [0.3, 0.4) is 0 Å². The minimum absolute atomic E-state index is 1.01. The number of rotatable bonds is 3. The summed E-state index contributed by atoms with van der Waals surface area (Å²) in [4.78, 5) is 0. The van der Waals surface area contributed by atoms with E-state index in [4.69, 9.17) is 0 Å². The predicted molar refractivity (Wildman–Crippen MR) is 30.7 cm³/mol. The van der Waals surface area contributed by atoms with Gasteiger partial charge in [-0.2, -0.15) is 0 Å². The summed E-state index contributed by atoms with van der Waals surface area (Å²) in [7, 11) is 0. The summed E-state index contributed by atoms with van der Waals surface area (Å²) < 4.78 is 4.66. The molecule has 0 bridgehead atoms. The zero-order valence-corrected chi connectivity index (χ0v) is 4.55. The molecular weight excluding hydrogens is 88.1 g/mol. The molecule has 0 saturated carbocycles. The quantitative estimate of drug-likeness (QED) is 0.491. The molecule has 0 aliphatic heterocycles. The molecule has 0 rings (SSSR count). The molecule has 0 N–H and O–H groups in total. The fourth-order valence-electron chi connectivity index (χ4n) is 0.207. The van der Waals surface area contributed by atoms with E-state index in [0.717, 1.165) is 6.42 Å². The molecule has 0 radical (unpaired) electrons. The van der Waals surface area contributed by atoms with Crippen molar-refractivity contribution in [1.29, 1.82) is 0 Å². The first-order chi connectivity index (χ1) is 3.41. The van der Waals surface area contributed by atoms with Gasteiger partial charge in [-0.3, -0.25) is 0 Å². The van der Waals surface area contributed by atoms with Crippen molar-refractivity contribution in [1.82, 2.24) is 0 Å². The van der Waals surface area contributed by atoms with Gasteiger partial charge < -0.3 is 4.74 Å². The lowest BCUT2D eigenvalue weighted by atomic mass is 10.5. The fraction of sp³-hybridized carbons (Fsp3) is 0.333. The molecule has 1 nitrogen and oxygen atoms in total. The maximum atomic E-state index is 4.66. The van der Waals surface area contributed by atoms with Crippen molar-refractivity contribution in [3.05, 3.63) is 25.2 Å². The molecule has 0 aromatic heterocycles. The van der Waals surface area contributed by atoms with Gasteiger partial charge in [0.05, 0.1) is 12.5 Å². The summed E-state index contributed by atoms with van der Waals surface area (Å²) in [5, 5.41) is 0. The van der Waals surface area contributed by atoms with E-state index in [-0.39, 0.29) is 0 Å². The monoisotopic (exact) mass is 98.1 g/mol. The van der Waals surface area contributed by atoms with Crippen LogP contribution in [0.1, 0.15) is 13.3 Å². The molecule has 0 aliphatic rings. The molecule has 7 heavy (non-hydrogen) atoms. The maximum Gasteiger partial charge on any atom is 0.0861 e. The first-order valence-electron chi connectivity index (χ1n) is 2.33. The van der Waals surface area contributed by atoms with E-state index in [9.17, 15) is 0 Å². The molecule has 0 saturated heterocycles. The first kappa shape index (κ1) is 6.28. The normalized spacial score (nSPS) is 9.29. The van der Waals surface area contributed by atoms with Crippen LogP contribution in [0.4, 0.5) is 0 Å². The largest absolute Gasteiger partial charge is 0.474 e. The van der Waals surface area contributed by atoms with E-state index in [1.807, 2.05) is 13.0 Å². The lowest BCUT2D eigenvalue weighted by molar-refractivity contribution is 0.403. The summed E-state index contributed by atoms with van der Waals surface area (Å²) >= 11 is 0. The van der Waals surface area contributed by atoms with Gasteiger partial charge in [0, 0.05) is 0 Å². The summed E-state index contributed by atoms with van der Waals surface area (Å²) in [6, 6.07) is 0. The molecule has 0 aliphatic carbocycles. The molecule has 1 heteroatoms. The summed E-state index contributed by atoms with van der Waals surface area (Å²) in [5.41, 5.74) is 0. The van der Waals surface area contributed by atoms with Gasteiger partial charge in [0.2, 0.25) is 0 Å². The zero-order valence-electron chi connectivity index (χ0n) is 4.55. The van der Waals surface area contributed by atoms with Crippen LogP contribution in [0.15, 0.2) is 25.2 Å². The van der Waals surface area contributed by atoms with Gasteiger partial charge in [0.15, 0.2) is 0 Å². The van der Waals surface area contributed by atoms with Crippen LogP contribution in [0.2, 0.25) is 0 Å². The van der Waals surface area contributed by atoms with Crippen molar-refractivity contribution in [3.8, 4) is 0 Å². The Bertz CT molecular complexity index is 64.6. The highest BCUT2D eigenvalue weighted by Crippen LogP contribution is 1.80. The Morgan fingerprint density at radius 3 is 2.86 bits per heavy atom. The van der Waals surface area contributed by atoms with Crippen LogP contribution in [0.25, 0.3) is 0 Å². The van der Waals surface area contributed by atoms with Crippen molar-refractivity contribution in [2.24, 2.45) is 0 Å². The van der Waals surface area contributed by atoms with Crippen LogP contribution in [0, 0.1) is 0 Å². The first-order valence-corrected chi connectivity index (χ1v) is 2.33. The van der Waals surface area contributed by atoms with Crippen LogP contribution in [-0.4, -0.2) is 0 Å². The molecule has 0 unspecified atom stereocenters. The third kappa shape index (κ3) is 5.28. The highest BCUT2D eigenvalue weighted by molar-refractivity contribution is 4.72. The molecule has 0 spiro atoms. The standard InChI is InChI=1S/C6H10O/c1-3-5-6-7-4-2/h4-6H,2-3H2,1H3. The summed E-state index contributed by atoms with van der Waals surface area (Å²) in [6.07, 6.45) is 5.94. The molecule has 0 aromatic rings. The van der Waals surface area contributed by atoms with Crippen LogP contribution < -0.4 is 0 Å². The lowest BCUT2D eigenvalue weighted by Gasteiger charge is -1.82.